The Labute approximate surface area is 182 Å². The topological polar surface area (TPSA) is 84.0 Å². The normalized spacial score (nSPS) is 11.5. The van der Waals surface area contributed by atoms with Crippen molar-refractivity contribution in [2.75, 3.05) is 26.7 Å². The van der Waals surface area contributed by atoms with Crippen LogP contribution in [0.15, 0.2) is 46.0 Å². The summed E-state index contributed by atoms with van der Waals surface area (Å²) >= 11 is 1.56. The van der Waals surface area contributed by atoms with Gasteiger partial charge in [-0.15, -0.1) is 0 Å². The van der Waals surface area contributed by atoms with Gasteiger partial charge in [-0.2, -0.15) is 15.6 Å². The van der Waals surface area contributed by atoms with Crippen LogP contribution in [0, 0.1) is 0 Å². The van der Waals surface area contributed by atoms with E-state index in [0.717, 1.165) is 11.1 Å². The van der Waals surface area contributed by atoms with Crippen LogP contribution < -0.4 is 0 Å². The van der Waals surface area contributed by atoms with Crippen LogP contribution in [0.5, 0.6) is 0 Å². The second kappa shape index (κ2) is 11.2. The highest BCUT2D eigenvalue weighted by Gasteiger charge is 2.21. The molecule has 0 aliphatic rings. The molecule has 0 atom stereocenters. The zero-order chi connectivity index (χ0) is 22.1. The van der Waals surface area contributed by atoms with Crippen molar-refractivity contribution in [1.29, 1.82) is 0 Å². The summed E-state index contributed by atoms with van der Waals surface area (Å²) < 4.78 is 31.5. The number of carbonyl (C=O) groups excluding carboxylic acids is 2. The molecule has 0 N–H and O–H groups in total. The Balaban J connectivity index is 1.80. The molecule has 0 bridgehead atoms. The number of likely N-dealkylation sites (N-methyl/N-ethyl adjacent to an activating group) is 1. The summed E-state index contributed by atoms with van der Waals surface area (Å²) in [7, 11) is -1.83. The Morgan fingerprint density at radius 2 is 1.70 bits per heavy atom. The lowest BCUT2D eigenvalue weighted by Crippen LogP contribution is -2.30. The number of esters is 1. The van der Waals surface area contributed by atoms with E-state index in [1.807, 2.05) is 16.8 Å². The fourth-order valence-corrected chi connectivity index (χ4v) is 4.97. The van der Waals surface area contributed by atoms with Gasteiger partial charge in [0.2, 0.25) is 10.0 Å². The third-order valence-corrected chi connectivity index (χ3v) is 7.46. The van der Waals surface area contributed by atoms with E-state index in [2.05, 4.69) is 0 Å². The fourth-order valence-electron chi connectivity index (χ4n) is 2.86. The van der Waals surface area contributed by atoms with Gasteiger partial charge in [-0.3, -0.25) is 9.59 Å². The summed E-state index contributed by atoms with van der Waals surface area (Å²) in [6.45, 7) is 4.60. The SMILES string of the molecule is CCN(CC)S(=O)(=O)c1ccc(CCC(=O)OCC(=O)N(C)Cc2ccsc2)cc1. The quantitative estimate of drug-likeness (QED) is 0.490. The third-order valence-electron chi connectivity index (χ3n) is 4.67. The molecule has 30 heavy (non-hydrogen) atoms. The molecule has 164 valence electrons. The van der Waals surface area contributed by atoms with Crippen molar-refractivity contribution in [2.24, 2.45) is 0 Å². The van der Waals surface area contributed by atoms with Gasteiger partial charge in [-0.1, -0.05) is 26.0 Å². The molecule has 0 fully saturated rings. The molecule has 0 aliphatic heterocycles. The van der Waals surface area contributed by atoms with E-state index < -0.39 is 16.0 Å². The number of rotatable bonds is 11. The minimum atomic E-state index is -3.49. The minimum Gasteiger partial charge on any atom is -0.456 e. The number of aryl methyl sites for hydroxylation is 1. The first-order valence-corrected chi connectivity index (χ1v) is 12.2. The summed E-state index contributed by atoms with van der Waals surface area (Å²) in [4.78, 5) is 25.8. The van der Waals surface area contributed by atoms with E-state index in [9.17, 15) is 18.0 Å². The lowest BCUT2D eigenvalue weighted by atomic mass is 10.1. The molecule has 0 aliphatic carbocycles. The maximum absolute atomic E-state index is 12.5. The number of carbonyl (C=O) groups is 2. The standard InChI is InChI=1S/C21H28N2O5S2/c1-4-23(5-2)30(26,27)19-9-6-17(7-10-19)8-11-21(25)28-15-20(24)22(3)14-18-12-13-29-16-18/h6-7,9-10,12-13,16H,4-5,8,11,14-15H2,1-3H3. The van der Waals surface area contributed by atoms with Gasteiger partial charge in [0.25, 0.3) is 5.91 Å². The molecule has 9 heteroatoms. The summed E-state index contributed by atoms with van der Waals surface area (Å²) in [5, 5.41) is 3.91. The summed E-state index contributed by atoms with van der Waals surface area (Å²) in [5.74, 6) is -0.729. The van der Waals surface area contributed by atoms with Gasteiger partial charge in [-0.25, -0.2) is 8.42 Å². The Bertz CT molecular complexity index is 921. The van der Waals surface area contributed by atoms with Crippen molar-refractivity contribution < 1.29 is 22.7 Å². The van der Waals surface area contributed by atoms with Gasteiger partial charge >= 0.3 is 5.97 Å². The number of sulfonamides is 1. The highest BCUT2D eigenvalue weighted by molar-refractivity contribution is 7.89. The first kappa shape index (κ1) is 24.0. The van der Waals surface area contributed by atoms with Crippen LogP contribution in [0.4, 0.5) is 0 Å². The second-order valence-electron chi connectivity index (χ2n) is 6.78. The molecule has 7 nitrogen and oxygen atoms in total. The smallest absolute Gasteiger partial charge is 0.306 e. The van der Waals surface area contributed by atoms with E-state index >= 15 is 0 Å². The third kappa shape index (κ3) is 6.65. The molecular weight excluding hydrogens is 424 g/mol. The molecule has 0 radical (unpaired) electrons. The molecule has 1 aromatic carbocycles. The van der Waals surface area contributed by atoms with Crippen LogP contribution in [0.3, 0.4) is 0 Å². The molecule has 1 heterocycles. The molecule has 0 saturated heterocycles. The molecule has 1 amide bonds. The number of hydrogen-bond donors (Lipinski definition) is 0. The number of hydrogen-bond acceptors (Lipinski definition) is 6. The van der Waals surface area contributed by atoms with Crippen molar-refractivity contribution in [2.45, 2.75) is 38.1 Å². The van der Waals surface area contributed by atoms with Crippen molar-refractivity contribution in [3.8, 4) is 0 Å². The maximum atomic E-state index is 12.5. The van der Waals surface area contributed by atoms with E-state index in [1.165, 1.54) is 9.21 Å². The molecule has 0 saturated carbocycles. The van der Waals surface area contributed by atoms with Gasteiger partial charge < -0.3 is 9.64 Å². The van der Waals surface area contributed by atoms with E-state index in [-0.39, 0.29) is 23.8 Å². The minimum absolute atomic E-state index is 0.115. The average Bonchev–Trinajstić information content (AvgIpc) is 3.24. The van der Waals surface area contributed by atoms with E-state index in [0.29, 0.717) is 26.1 Å². The highest BCUT2D eigenvalue weighted by atomic mass is 32.2. The lowest BCUT2D eigenvalue weighted by molar-refractivity contribution is -0.151. The van der Waals surface area contributed by atoms with E-state index in [4.69, 9.17) is 4.74 Å². The first-order chi connectivity index (χ1) is 14.3. The highest BCUT2D eigenvalue weighted by Crippen LogP contribution is 2.17. The van der Waals surface area contributed by atoms with Crippen LogP contribution in [0.25, 0.3) is 0 Å². The number of benzene rings is 1. The van der Waals surface area contributed by atoms with Gasteiger partial charge in [0.05, 0.1) is 4.90 Å². The van der Waals surface area contributed by atoms with Crippen molar-refractivity contribution in [1.82, 2.24) is 9.21 Å². The molecule has 0 spiro atoms. The summed E-state index contributed by atoms with van der Waals surface area (Å²) in [5.41, 5.74) is 1.86. The Hall–Kier alpha value is -2.23. The Morgan fingerprint density at radius 3 is 2.27 bits per heavy atom. The molecule has 1 aromatic heterocycles. The molecule has 2 aromatic rings. The summed E-state index contributed by atoms with van der Waals surface area (Å²) in [6.07, 6.45) is 0.521. The number of thiophene rings is 1. The van der Waals surface area contributed by atoms with Crippen molar-refractivity contribution >= 4 is 33.2 Å². The van der Waals surface area contributed by atoms with Crippen LogP contribution in [-0.2, 0) is 37.3 Å². The van der Waals surface area contributed by atoms with Crippen molar-refractivity contribution in [3.05, 3.63) is 52.2 Å². The summed E-state index contributed by atoms with van der Waals surface area (Å²) in [6, 6.07) is 8.44. The first-order valence-electron chi connectivity index (χ1n) is 9.77. The molecular formula is C21H28N2O5S2. The van der Waals surface area contributed by atoms with Gasteiger partial charge in [-0.05, 0) is 46.5 Å². The second-order valence-corrected chi connectivity index (χ2v) is 9.49. The molecule has 2 rings (SSSR count). The lowest BCUT2D eigenvalue weighted by Gasteiger charge is -2.18. The van der Waals surface area contributed by atoms with Crippen LogP contribution in [0.1, 0.15) is 31.4 Å². The zero-order valence-electron chi connectivity index (χ0n) is 17.5. The molecule has 0 unspecified atom stereocenters. The van der Waals surface area contributed by atoms with Crippen molar-refractivity contribution in [3.63, 3.8) is 0 Å². The number of nitrogens with zero attached hydrogens (tertiary/aromatic N) is 2. The van der Waals surface area contributed by atoms with Crippen LogP contribution >= 0.6 is 11.3 Å². The van der Waals surface area contributed by atoms with Gasteiger partial charge in [0.1, 0.15) is 0 Å². The van der Waals surface area contributed by atoms with Crippen LogP contribution in [-0.4, -0.2) is 56.2 Å². The fraction of sp³-hybridized carbons (Fsp3) is 0.429. The maximum Gasteiger partial charge on any atom is 0.306 e. The Kier molecular flexibility index (Phi) is 9.01. The number of amides is 1. The van der Waals surface area contributed by atoms with Crippen LogP contribution in [0.2, 0.25) is 0 Å². The zero-order valence-corrected chi connectivity index (χ0v) is 19.2. The monoisotopic (exact) mass is 452 g/mol. The number of ether oxygens (including phenoxy) is 1. The predicted octanol–water partition coefficient (Wildman–Crippen LogP) is 2.91. The largest absolute Gasteiger partial charge is 0.456 e. The average molecular weight is 453 g/mol. The van der Waals surface area contributed by atoms with Gasteiger partial charge in [0.15, 0.2) is 6.61 Å². The van der Waals surface area contributed by atoms with Gasteiger partial charge in [0, 0.05) is 33.1 Å². The predicted molar refractivity (Wildman–Crippen MR) is 117 cm³/mol. The Morgan fingerprint density at radius 1 is 1.03 bits per heavy atom. The van der Waals surface area contributed by atoms with E-state index in [1.54, 1.807) is 56.5 Å².